The van der Waals surface area contributed by atoms with E-state index < -0.39 is 5.97 Å². The largest absolute Gasteiger partial charge is 0.493 e. The van der Waals surface area contributed by atoms with Gasteiger partial charge >= 0.3 is 5.97 Å². The van der Waals surface area contributed by atoms with Gasteiger partial charge in [-0.25, -0.2) is 9.37 Å². The lowest BCUT2D eigenvalue weighted by Crippen LogP contribution is -2.04. The van der Waals surface area contributed by atoms with Crippen molar-refractivity contribution in [3.63, 3.8) is 0 Å². The first-order valence-corrected chi connectivity index (χ1v) is 10.2. The number of aromatic nitrogens is 1. The lowest BCUT2D eigenvalue weighted by Gasteiger charge is -2.09. The summed E-state index contributed by atoms with van der Waals surface area (Å²) in [6.45, 7) is 6.42. The minimum atomic E-state index is -0.809. The predicted molar refractivity (Wildman–Crippen MR) is 114 cm³/mol. The van der Waals surface area contributed by atoms with Gasteiger partial charge in [0.05, 0.1) is 24.5 Å². The van der Waals surface area contributed by atoms with Gasteiger partial charge in [-0.2, -0.15) is 0 Å². The second kappa shape index (κ2) is 10.1. The average molecular weight is 427 g/mol. The van der Waals surface area contributed by atoms with Crippen LogP contribution >= 0.6 is 0 Å². The van der Waals surface area contributed by atoms with Gasteiger partial charge in [0, 0.05) is 18.9 Å². The molecule has 1 heterocycles. The standard InChI is InChI=1S/C24H26FNO5/c1-4-29-22-14-18(25)7-9-20(22)24-26-21(16(3)31-24)11-12-30-19-8-5-17(15(2)13-19)6-10-23(27)28/h5,7-9,13-14H,4,6,10-12H2,1-3H3,(H,27,28). The van der Waals surface area contributed by atoms with Crippen LogP contribution in [0.2, 0.25) is 0 Å². The summed E-state index contributed by atoms with van der Waals surface area (Å²) < 4.78 is 30.7. The van der Waals surface area contributed by atoms with Crippen molar-refractivity contribution >= 4 is 5.97 Å². The zero-order valence-electron chi connectivity index (χ0n) is 17.9. The van der Waals surface area contributed by atoms with Crippen LogP contribution in [-0.2, 0) is 17.6 Å². The molecule has 0 aliphatic heterocycles. The fourth-order valence-corrected chi connectivity index (χ4v) is 3.27. The molecule has 0 unspecified atom stereocenters. The lowest BCUT2D eigenvalue weighted by atomic mass is 10.0. The third kappa shape index (κ3) is 5.84. The molecule has 164 valence electrons. The first kappa shape index (κ1) is 22.3. The zero-order valence-corrected chi connectivity index (χ0v) is 17.9. The van der Waals surface area contributed by atoms with E-state index >= 15 is 0 Å². The van der Waals surface area contributed by atoms with Crippen molar-refractivity contribution in [3.05, 3.63) is 64.8 Å². The van der Waals surface area contributed by atoms with E-state index in [2.05, 4.69) is 4.98 Å². The van der Waals surface area contributed by atoms with E-state index in [1.165, 1.54) is 12.1 Å². The number of aryl methyl sites for hydroxylation is 3. The summed E-state index contributed by atoms with van der Waals surface area (Å²) in [6.07, 6.45) is 1.14. The molecular formula is C24H26FNO5. The quantitative estimate of drug-likeness (QED) is 0.483. The molecule has 0 saturated carbocycles. The Morgan fingerprint density at radius 3 is 2.65 bits per heavy atom. The van der Waals surface area contributed by atoms with E-state index in [-0.39, 0.29) is 12.2 Å². The Morgan fingerprint density at radius 2 is 1.94 bits per heavy atom. The molecule has 3 rings (SSSR count). The molecular weight excluding hydrogens is 401 g/mol. The van der Waals surface area contributed by atoms with Crippen LogP contribution in [0.25, 0.3) is 11.5 Å². The molecule has 0 aliphatic carbocycles. The molecule has 0 aliphatic rings. The van der Waals surface area contributed by atoms with Crippen LogP contribution in [0.4, 0.5) is 4.39 Å². The van der Waals surface area contributed by atoms with Crippen LogP contribution in [0.5, 0.6) is 11.5 Å². The Bertz CT molecular complexity index is 1060. The minimum absolute atomic E-state index is 0.105. The molecule has 0 bridgehead atoms. The Hall–Kier alpha value is -3.35. The summed E-state index contributed by atoms with van der Waals surface area (Å²) in [5.74, 6) is 0.977. The van der Waals surface area contributed by atoms with E-state index in [1.807, 2.05) is 39.0 Å². The fourth-order valence-electron chi connectivity index (χ4n) is 3.27. The van der Waals surface area contributed by atoms with Gasteiger partial charge < -0.3 is 19.0 Å². The fraction of sp³-hybridized carbons (Fsp3) is 0.333. The van der Waals surface area contributed by atoms with Gasteiger partial charge in [0.25, 0.3) is 0 Å². The number of oxazole rings is 1. The highest BCUT2D eigenvalue weighted by molar-refractivity contribution is 5.67. The SMILES string of the molecule is CCOc1cc(F)ccc1-c1nc(CCOc2ccc(CCC(=O)O)c(C)c2)c(C)o1. The molecule has 0 spiro atoms. The Labute approximate surface area is 180 Å². The van der Waals surface area contributed by atoms with E-state index in [0.717, 1.165) is 22.6 Å². The van der Waals surface area contributed by atoms with Crippen LogP contribution < -0.4 is 9.47 Å². The van der Waals surface area contributed by atoms with E-state index in [1.54, 1.807) is 6.07 Å². The molecule has 3 aromatic rings. The van der Waals surface area contributed by atoms with Gasteiger partial charge in [-0.15, -0.1) is 0 Å². The van der Waals surface area contributed by atoms with Crippen molar-refractivity contribution in [2.45, 2.75) is 40.0 Å². The van der Waals surface area contributed by atoms with Crippen LogP contribution in [0, 0.1) is 19.7 Å². The number of halogens is 1. The number of nitrogens with zero attached hydrogens (tertiary/aromatic N) is 1. The van der Waals surface area contributed by atoms with Gasteiger partial charge in [0.2, 0.25) is 5.89 Å². The number of rotatable bonds is 10. The van der Waals surface area contributed by atoms with Crippen LogP contribution in [0.3, 0.4) is 0 Å². The third-order valence-corrected chi connectivity index (χ3v) is 4.90. The third-order valence-electron chi connectivity index (χ3n) is 4.90. The number of benzene rings is 2. The number of carboxylic acids is 1. The highest BCUT2D eigenvalue weighted by atomic mass is 19.1. The smallest absolute Gasteiger partial charge is 0.303 e. The second-order valence-corrected chi connectivity index (χ2v) is 7.18. The minimum Gasteiger partial charge on any atom is -0.493 e. The maximum Gasteiger partial charge on any atom is 0.303 e. The van der Waals surface area contributed by atoms with Crippen molar-refractivity contribution in [2.24, 2.45) is 0 Å². The molecule has 2 aromatic carbocycles. The first-order chi connectivity index (χ1) is 14.9. The highest BCUT2D eigenvalue weighted by Crippen LogP contribution is 2.31. The molecule has 0 amide bonds. The Morgan fingerprint density at radius 1 is 1.13 bits per heavy atom. The second-order valence-electron chi connectivity index (χ2n) is 7.18. The molecule has 1 N–H and O–H groups in total. The molecule has 0 atom stereocenters. The zero-order chi connectivity index (χ0) is 22.4. The maximum atomic E-state index is 13.6. The Kier molecular flexibility index (Phi) is 7.28. The van der Waals surface area contributed by atoms with Gasteiger partial charge in [0.15, 0.2) is 0 Å². The van der Waals surface area contributed by atoms with Crippen LogP contribution in [0.1, 0.15) is 35.9 Å². The topological polar surface area (TPSA) is 81.8 Å². The molecule has 0 radical (unpaired) electrons. The molecule has 1 aromatic heterocycles. The number of ether oxygens (including phenoxy) is 2. The summed E-state index contributed by atoms with van der Waals surface area (Å²) in [5, 5.41) is 8.83. The summed E-state index contributed by atoms with van der Waals surface area (Å²) in [6, 6.07) is 9.92. The average Bonchev–Trinajstić information content (AvgIpc) is 3.08. The molecule has 6 nitrogen and oxygen atoms in total. The Balaban J connectivity index is 1.64. The number of carboxylic acid groups (broad SMARTS) is 1. The summed E-state index contributed by atoms with van der Waals surface area (Å²) in [5.41, 5.74) is 3.36. The van der Waals surface area contributed by atoms with Crippen molar-refractivity contribution < 1.29 is 28.2 Å². The summed E-state index contributed by atoms with van der Waals surface area (Å²) >= 11 is 0. The van der Waals surface area contributed by atoms with E-state index in [9.17, 15) is 9.18 Å². The van der Waals surface area contributed by atoms with Crippen molar-refractivity contribution in [1.29, 1.82) is 0 Å². The summed E-state index contributed by atoms with van der Waals surface area (Å²) in [4.78, 5) is 15.3. The normalized spacial score (nSPS) is 10.8. The van der Waals surface area contributed by atoms with Gasteiger partial charge in [-0.3, -0.25) is 4.79 Å². The number of hydrogen-bond acceptors (Lipinski definition) is 5. The monoisotopic (exact) mass is 427 g/mol. The van der Waals surface area contributed by atoms with E-state index in [4.69, 9.17) is 19.0 Å². The van der Waals surface area contributed by atoms with Crippen LogP contribution in [0.15, 0.2) is 40.8 Å². The van der Waals surface area contributed by atoms with Crippen molar-refractivity contribution in [2.75, 3.05) is 13.2 Å². The molecule has 0 saturated heterocycles. The van der Waals surface area contributed by atoms with Gasteiger partial charge in [-0.05, 0) is 62.6 Å². The van der Waals surface area contributed by atoms with Gasteiger partial charge in [0.1, 0.15) is 23.1 Å². The number of aliphatic carboxylic acids is 1. The van der Waals surface area contributed by atoms with Crippen molar-refractivity contribution in [1.82, 2.24) is 4.98 Å². The van der Waals surface area contributed by atoms with Gasteiger partial charge in [-0.1, -0.05) is 6.07 Å². The number of hydrogen-bond donors (Lipinski definition) is 1. The number of carbonyl (C=O) groups is 1. The molecule has 7 heteroatoms. The van der Waals surface area contributed by atoms with E-state index in [0.29, 0.717) is 49.0 Å². The van der Waals surface area contributed by atoms with Crippen molar-refractivity contribution in [3.8, 4) is 23.0 Å². The summed E-state index contributed by atoms with van der Waals surface area (Å²) in [7, 11) is 0. The first-order valence-electron chi connectivity index (χ1n) is 10.2. The molecule has 0 fully saturated rings. The highest BCUT2D eigenvalue weighted by Gasteiger charge is 2.16. The maximum absolute atomic E-state index is 13.6. The predicted octanol–water partition coefficient (Wildman–Crippen LogP) is 5.13. The molecule has 31 heavy (non-hydrogen) atoms. The lowest BCUT2D eigenvalue weighted by molar-refractivity contribution is -0.136. The van der Waals surface area contributed by atoms with Crippen LogP contribution in [-0.4, -0.2) is 29.3 Å².